The molecule has 2 rings (SSSR count). The van der Waals surface area contributed by atoms with Crippen LogP contribution < -0.4 is 5.32 Å². The minimum absolute atomic E-state index is 0.00668. The van der Waals surface area contributed by atoms with E-state index < -0.39 is 5.97 Å². The zero-order valence-electron chi connectivity index (χ0n) is 12.3. The first kappa shape index (κ1) is 15.7. The number of thioether (sulfide) groups is 1. The molecule has 1 aromatic rings. The van der Waals surface area contributed by atoms with Gasteiger partial charge in [-0.25, -0.2) is 4.79 Å². The number of carbonyl (C=O) groups is 2. The summed E-state index contributed by atoms with van der Waals surface area (Å²) in [7, 11) is 0. The molecule has 0 aromatic heterocycles. The normalized spacial score (nSPS) is 18.4. The molecule has 0 radical (unpaired) electrons. The number of nitrogens with zero attached hydrogens (tertiary/aromatic N) is 1. The lowest BCUT2D eigenvalue weighted by molar-refractivity contribution is -0.137. The fraction of sp³-hybridized carbons (Fsp3) is 0.467. The quantitative estimate of drug-likeness (QED) is 0.901. The summed E-state index contributed by atoms with van der Waals surface area (Å²) in [6.07, 6.45) is -0.00668. The van der Waals surface area contributed by atoms with Gasteiger partial charge in [0.15, 0.2) is 0 Å². The van der Waals surface area contributed by atoms with Crippen LogP contribution in [0.15, 0.2) is 18.2 Å². The van der Waals surface area contributed by atoms with Crippen molar-refractivity contribution in [3.63, 3.8) is 0 Å². The zero-order chi connectivity index (χ0) is 15.4. The third-order valence-corrected chi connectivity index (χ3v) is 4.46. The summed E-state index contributed by atoms with van der Waals surface area (Å²) < 4.78 is 0. The van der Waals surface area contributed by atoms with Crippen LogP contribution in [0.3, 0.4) is 0 Å². The Labute approximate surface area is 128 Å². The Bertz CT molecular complexity index is 527. The number of benzene rings is 1. The van der Waals surface area contributed by atoms with Crippen LogP contribution >= 0.6 is 11.8 Å². The Morgan fingerprint density at radius 2 is 2.00 bits per heavy atom. The van der Waals surface area contributed by atoms with E-state index in [0.717, 1.165) is 22.6 Å². The van der Waals surface area contributed by atoms with Gasteiger partial charge < -0.3 is 15.3 Å². The van der Waals surface area contributed by atoms with Gasteiger partial charge in [-0.05, 0) is 37.1 Å². The van der Waals surface area contributed by atoms with Gasteiger partial charge in [0.25, 0.3) is 0 Å². The van der Waals surface area contributed by atoms with Gasteiger partial charge >= 0.3 is 12.0 Å². The van der Waals surface area contributed by atoms with Crippen molar-refractivity contribution in [3.05, 3.63) is 29.3 Å². The molecule has 114 valence electrons. The number of aryl methyl sites for hydroxylation is 2. The molecular formula is C15H20N2O3S. The van der Waals surface area contributed by atoms with E-state index in [1.807, 2.05) is 32.0 Å². The maximum absolute atomic E-state index is 12.4. The predicted molar refractivity (Wildman–Crippen MR) is 85.0 cm³/mol. The Hall–Kier alpha value is -1.69. The molecule has 1 unspecified atom stereocenters. The Morgan fingerprint density at radius 3 is 2.62 bits per heavy atom. The molecule has 1 heterocycles. The number of nitrogens with one attached hydrogen (secondary N) is 1. The summed E-state index contributed by atoms with van der Waals surface area (Å²) in [5.74, 6) is 0.648. The molecule has 2 amide bonds. The van der Waals surface area contributed by atoms with Crippen LogP contribution in [-0.2, 0) is 4.79 Å². The largest absolute Gasteiger partial charge is 0.481 e. The van der Waals surface area contributed by atoms with Crippen LogP contribution in [0.2, 0.25) is 0 Å². The molecule has 0 aliphatic carbocycles. The average Bonchev–Trinajstić information content (AvgIpc) is 2.37. The molecule has 1 saturated heterocycles. The van der Waals surface area contributed by atoms with Gasteiger partial charge in [-0.1, -0.05) is 6.07 Å². The first-order valence-electron chi connectivity index (χ1n) is 6.91. The SMILES string of the molecule is Cc1cc(C)cc(NC(=O)N2CCSCC2CC(=O)O)c1. The lowest BCUT2D eigenvalue weighted by atomic mass is 10.1. The number of amides is 2. The monoisotopic (exact) mass is 308 g/mol. The summed E-state index contributed by atoms with van der Waals surface area (Å²) in [6, 6.07) is 5.41. The number of hydrogen-bond donors (Lipinski definition) is 2. The minimum Gasteiger partial charge on any atom is -0.481 e. The molecular weight excluding hydrogens is 288 g/mol. The number of carbonyl (C=O) groups excluding carboxylic acids is 1. The molecule has 1 fully saturated rings. The third kappa shape index (κ3) is 4.39. The van der Waals surface area contributed by atoms with Gasteiger partial charge in [0.05, 0.1) is 12.5 Å². The van der Waals surface area contributed by atoms with Crippen LogP contribution in [-0.4, -0.2) is 46.1 Å². The number of rotatable bonds is 3. The molecule has 1 atom stereocenters. The van der Waals surface area contributed by atoms with Crippen molar-refractivity contribution in [3.8, 4) is 0 Å². The lowest BCUT2D eigenvalue weighted by Gasteiger charge is -2.34. The van der Waals surface area contributed by atoms with Gasteiger partial charge in [0.1, 0.15) is 0 Å². The first-order valence-corrected chi connectivity index (χ1v) is 8.06. The number of anilines is 1. The maximum Gasteiger partial charge on any atom is 0.322 e. The molecule has 1 aliphatic rings. The van der Waals surface area contributed by atoms with Crippen molar-refractivity contribution >= 4 is 29.4 Å². The van der Waals surface area contributed by atoms with E-state index in [0.29, 0.717) is 12.3 Å². The molecule has 0 saturated carbocycles. The van der Waals surface area contributed by atoms with Crippen molar-refractivity contribution in [2.24, 2.45) is 0 Å². The lowest BCUT2D eigenvalue weighted by Crippen LogP contribution is -2.48. The van der Waals surface area contributed by atoms with Crippen LogP contribution in [0.4, 0.5) is 10.5 Å². The molecule has 21 heavy (non-hydrogen) atoms. The second-order valence-corrected chi connectivity index (χ2v) is 6.48. The summed E-state index contributed by atoms with van der Waals surface area (Å²) in [5, 5.41) is 11.8. The number of hydrogen-bond acceptors (Lipinski definition) is 3. The predicted octanol–water partition coefficient (Wildman–Crippen LogP) is 2.73. The van der Waals surface area contributed by atoms with E-state index >= 15 is 0 Å². The molecule has 0 bridgehead atoms. The molecule has 1 aromatic carbocycles. The fourth-order valence-corrected chi connectivity index (χ4v) is 3.60. The molecule has 1 aliphatic heterocycles. The van der Waals surface area contributed by atoms with Crippen LogP contribution in [0.5, 0.6) is 0 Å². The van der Waals surface area contributed by atoms with Crippen molar-refractivity contribution in [1.29, 1.82) is 0 Å². The topological polar surface area (TPSA) is 69.6 Å². The van der Waals surface area contributed by atoms with Gasteiger partial charge in [0.2, 0.25) is 0 Å². The standard InChI is InChI=1S/C15H20N2O3S/c1-10-5-11(2)7-12(6-10)16-15(20)17-3-4-21-9-13(17)8-14(18)19/h5-7,13H,3-4,8-9H2,1-2H3,(H,16,20)(H,18,19). The van der Waals surface area contributed by atoms with Gasteiger partial charge in [-0.2, -0.15) is 11.8 Å². The van der Waals surface area contributed by atoms with Crippen molar-refractivity contribution in [2.45, 2.75) is 26.3 Å². The third-order valence-electron chi connectivity index (χ3n) is 3.37. The van der Waals surface area contributed by atoms with Crippen LogP contribution in [0.1, 0.15) is 17.5 Å². The molecule has 0 spiro atoms. The number of carboxylic acid groups (broad SMARTS) is 1. The van der Waals surface area contributed by atoms with E-state index in [4.69, 9.17) is 5.11 Å². The average molecular weight is 308 g/mol. The van der Waals surface area contributed by atoms with Crippen molar-refractivity contribution in [2.75, 3.05) is 23.4 Å². The van der Waals surface area contributed by atoms with E-state index in [2.05, 4.69) is 5.32 Å². The molecule has 6 heteroatoms. The molecule has 5 nitrogen and oxygen atoms in total. The second-order valence-electron chi connectivity index (χ2n) is 5.33. The van der Waals surface area contributed by atoms with Crippen LogP contribution in [0, 0.1) is 13.8 Å². The highest BCUT2D eigenvalue weighted by Gasteiger charge is 2.28. The van der Waals surface area contributed by atoms with E-state index in [1.165, 1.54) is 0 Å². The molecule has 2 N–H and O–H groups in total. The van der Waals surface area contributed by atoms with Gasteiger partial charge in [-0.15, -0.1) is 0 Å². The number of aliphatic carboxylic acids is 1. The zero-order valence-corrected chi connectivity index (χ0v) is 13.1. The van der Waals surface area contributed by atoms with Gasteiger partial charge in [-0.3, -0.25) is 4.79 Å². The Kier molecular flexibility index (Phi) is 5.12. The minimum atomic E-state index is -0.869. The Balaban J connectivity index is 2.08. The second kappa shape index (κ2) is 6.85. The van der Waals surface area contributed by atoms with Gasteiger partial charge in [0, 0.05) is 23.7 Å². The highest BCUT2D eigenvalue weighted by atomic mass is 32.2. The van der Waals surface area contributed by atoms with Crippen molar-refractivity contribution in [1.82, 2.24) is 4.90 Å². The number of carboxylic acids is 1. The highest BCUT2D eigenvalue weighted by molar-refractivity contribution is 7.99. The summed E-state index contributed by atoms with van der Waals surface area (Å²) in [5.41, 5.74) is 2.92. The summed E-state index contributed by atoms with van der Waals surface area (Å²) in [4.78, 5) is 25.0. The van der Waals surface area contributed by atoms with Crippen LogP contribution in [0.25, 0.3) is 0 Å². The van der Waals surface area contributed by atoms with Crippen molar-refractivity contribution < 1.29 is 14.7 Å². The summed E-state index contributed by atoms with van der Waals surface area (Å²) >= 11 is 1.69. The maximum atomic E-state index is 12.4. The number of urea groups is 1. The smallest absolute Gasteiger partial charge is 0.322 e. The Morgan fingerprint density at radius 1 is 1.33 bits per heavy atom. The van der Waals surface area contributed by atoms with E-state index in [9.17, 15) is 9.59 Å². The van der Waals surface area contributed by atoms with E-state index in [1.54, 1.807) is 16.7 Å². The summed E-state index contributed by atoms with van der Waals surface area (Å²) in [6.45, 7) is 4.54. The van der Waals surface area contributed by atoms with E-state index in [-0.39, 0.29) is 18.5 Å². The highest BCUT2D eigenvalue weighted by Crippen LogP contribution is 2.21. The fourth-order valence-electron chi connectivity index (χ4n) is 2.53. The first-order chi connectivity index (χ1) is 9.95.